The highest BCUT2D eigenvalue weighted by atomic mass is 79.9. The summed E-state index contributed by atoms with van der Waals surface area (Å²) in [7, 11) is 0. The van der Waals surface area contributed by atoms with E-state index in [9.17, 15) is 4.79 Å². The summed E-state index contributed by atoms with van der Waals surface area (Å²) in [6.07, 6.45) is 0.698. The molecule has 1 aromatic carbocycles. The smallest absolute Gasteiger partial charge is 0.186 e. The van der Waals surface area contributed by atoms with Gasteiger partial charge >= 0.3 is 0 Å². The number of halogens is 1. The summed E-state index contributed by atoms with van der Waals surface area (Å²) in [5.41, 5.74) is 0.728. The molecule has 0 amide bonds. The van der Waals surface area contributed by atoms with Crippen LogP contribution < -0.4 is 0 Å². The minimum absolute atomic E-state index is 0.344. The average molecular weight is 225 g/mol. The van der Waals surface area contributed by atoms with E-state index in [1.54, 1.807) is 0 Å². The van der Waals surface area contributed by atoms with Gasteiger partial charge in [0.05, 0.1) is 4.47 Å². The van der Waals surface area contributed by atoms with E-state index < -0.39 is 0 Å². The molecule has 12 heavy (non-hydrogen) atoms. The van der Waals surface area contributed by atoms with Crippen molar-refractivity contribution in [1.29, 1.82) is 0 Å². The lowest BCUT2D eigenvalue weighted by Crippen LogP contribution is -1.71. The second-order valence-corrected chi connectivity index (χ2v) is 3.19. The van der Waals surface area contributed by atoms with E-state index in [0.29, 0.717) is 12.0 Å². The molecular formula is C9H5BrO2. The van der Waals surface area contributed by atoms with Crippen molar-refractivity contribution in [2.45, 2.75) is 0 Å². The first kappa shape index (κ1) is 7.55. The lowest BCUT2D eigenvalue weighted by Gasteiger charge is -1.83. The van der Waals surface area contributed by atoms with Crippen molar-refractivity contribution in [3.63, 3.8) is 0 Å². The molecule has 0 atom stereocenters. The summed E-state index contributed by atoms with van der Waals surface area (Å²) < 4.78 is 5.96. The minimum Gasteiger partial charge on any atom is -0.452 e. The zero-order valence-electron chi connectivity index (χ0n) is 6.08. The second-order valence-electron chi connectivity index (χ2n) is 2.39. The third-order valence-electron chi connectivity index (χ3n) is 1.67. The molecule has 0 fully saturated rings. The fourth-order valence-electron chi connectivity index (χ4n) is 1.11. The average Bonchev–Trinajstić information content (AvgIpc) is 2.44. The first-order chi connectivity index (χ1) is 5.83. The van der Waals surface area contributed by atoms with Gasteiger partial charge in [-0.15, -0.1) is 0 Å². The predicted octanol–water partition coefficient (Wildman–Crippen LogP) is 3.01. The van der Waals surface area contributed by atoms with Gasteiger partial charge in [-0.1, -0.05) is 12.1 Å². The normalized spacial score (nSPS) is 10.4. The Labute approximate surface area is 77.3 Å². The molecule has 1 aromatic heterocycles. The van der Waals surface area contributed by atoms with E-state index in [0.717, 1.165) is 15.4 Å². The van der Waals surface area contributed by atoms with E-state index in [2.05, 4.69) is 15.9 Å². The number of rotatable bonds is 1. The monoisotopic (exact) mass is 224 g/mol. The van der Waals surface area contributed by atoms with Crippen LogP contribution in [0.25, 0.3) is 11.0 Å². The second kappa shape index (κ2) is 2.75. The van der Waals surface area contributed by atoms with E-state index in [4.69, 9.17) is 4.42 Å². The maximum Gasteiger partial charge on any atom is 0.186 e. The van der Waals surface area contributed by atoms with Crippen molar-refractivity contribution in [2.24, 2.45) is 0 Å². The minimum atomic E-state index is 0.344. The summed E-state index contributed by atoms with van der Waals surface area (Å²) >= 11 is 3.29. The SMILES string of the molecule is O=Cc1oc2ccccc2c1Br. The Balaban J connectivity index is 2.87. The van der Waals surface area contributed by atoms with Gasteiger partial charge in [0, 0.05) is 5.39 Å². The third kappa shape index (κ3) is 0.975. The van der Waals surface area contributed by atoms with Crippen molar-refractivity contribution < 1.29 is 9.21 Å². The Kier molecular flexibility index (Phi) is 1.73. The molecule has 0 N–H and O–H groups in total. The summed E-state index contributed by atoms with van der Waals surface area (Å²) in [5.74, 6) is 0.344. The fourth-order valence-corrected chi connectivity index (χ4v) is 1.61. The molecule has 60 valence electrons. The number of furan rings is 1. The van der Waals surface area contributed by atoms with Crippen LogP contribution in [0.5, 0.6) is 0 Å². The Bertz CT molecular complexity index is 431. The van der Waals surface area contributed by atoms with Crippen LogP contribution in [0.2, 0.25) is 0 Å². The number of fused-ring (bicyclic) bond motifs is 1. The summed E-state index contributed by atoms with van der Waals surface area (Å²) in [5, 5.41) is 0.930. The molecule has 0 saturated carbocycles. The molecule has 0 bridgehead atoms. The fraction of sp³-hybridized carbons (Fsp3) is 0. The Hall–Kier alpha value is -1.09. The highest BCUT2D eigenvalue weighted by Crippen LogP contribution is 2.29. The largest absolute Gasteiger partial charge is 0.452 e. The molecule has 2 aromatic rings. The first-order valence-electron chi connectivity index (χ1n) is 3.45. The van der Waals surface area contributed by atoms with Gasteiger partial charge in [-0.25, -0.2) is 0 Å². The van der Waals surface area contributed by atoms with Crippen LogP contribution in [0.15, 0.2) is 33.2 Å². The summed E-state index contributed by atoms with van der Waals surface area (Å²) in [6, 6.07) is 7.49. The maximum atomic E-state index is 10.5. The number of benzene rings is 1. The van der Waals surface area contributed by atoms with Crippen molar-refractivity contribution in [2.75, 3.05) is 0 Å². The van der Waals surface area contributed by atoms with Crippen LogP contribution >= 0.6 is 15.9 Å². The highest BCUT2D eigenvalue weighted by molar-refractivity contribution is 9.10. The van der Waals surface area contributed by atoms with Gasteiger partial charge in [0.1, 0.15) is 5.58 Å². The molecule has 0 saturated heterocycles. The van der Waals surface area contributed by atoms with Gasteiger partial charge in [-0.3, -0.25) is 4.79 Å². The molecule has 0 spiro atoms. The van der Waals surface area contributed by atoms with E-state index in [1.807, 2.05) is 24.3 Å². The van der Waals surface area contributed by atoms with Crippen LogP contribution in [0.3, 0.4) is 0 Å². The first-order valence-corrected chi connectivity index (χ1v) is 4.24. The molecular weight excluding hydrogens is 220 g/mol. The van der Waals surface area contributed by atoms with Gasteiger partial charge in [-0.05, 0) is 28.1 Å². The molecule has 0 aliphatic carbocycles. The van der Waals surface area contributed by atoms with E-state index in [-0.39, 0.29) is 0 Å². The van der Waals surface area contributed by atoms with Crippen LogP contribution in [0, 0.1) is 0 Å². The van der Waals surface area contributed by atoms with Gasteiger partial charge in [0.2, 0.25) is 0 Å². The van der Waals surface area contributed by atoms with E-state index >= 15 is 0 Å². The predicted molar refractivity (Wildman–Crippen MR) is 49.3 cm³/mol. The van der Waals surface area contributed by atoms with Crippen molar-refractivity contribution >= 4 is 33.2 Å². The molecule has 0 radical (unpaired) electrons. The van der Waals surface area contributed by atoms with Gasteiger partial charge < -0.3 is 4.42 Å². The maximum absolute atomic E-state index is 10.5. The lowest BCUT2D eigenvalue weighted by atomic mass is 10.2. The van der Waals surface area contributed by atoms with Crippen LogP contribution in [-0.2, 0) is 0 Å². The van der Waals surface area contributed by atoms with Crippen molar-refractivity contribution in [3.05, 3.63) is 34.5 Å². The molecule has 2 rings (SSSR count). The topological polar surface area (TPSA) is 30.2 Å². The van der Waals surface area contributed by atoms with Gasteiger partial charge in [0.15, 0.2) is 12.0 Å². The molecule has 0 unspecified atom stereocenters. The quantitative estimate of drug-likeness (QED) is 0.698. The molecule has 0 aliphatic heterocycles. The zero-order valence-corrected chi connectivity index (χ0v) is 7.67. The van der Waals surface area contributed by atoms with Gasteiger partial charge in [-0.2, -0.15) is 0 Å². The van der Waals surface area contributed by atoms with Crippen LogP contribution in [-0.4, -0.2) is 6.29 Å². The third-order valence-corrected chi connectivity index (χ3v) is 2.48. The van der Waals surface area contributed by atoms with Crippen LogP contribution in [0.1, 0.15) is 10.6 Å². The van der Waals surface area contributed by atoms with Crippen molar-refractivity contribution in [3.8, 4) is 0 Å². The Morgan fingerprint density at radius 2 is 2.08 bits per heavy atom. The Morgan fingerprint density at radius 1 is 1.33 bits per heavy atom. The number of hydrogen-bond acceptors (Lipinski definition) is 2. The molecule has 0 aliphatic rings. The van der Waals surface area contributed by atoms with Crippen molar-refractivity contribution in [1.82, 2.24) is 0 Å². The molecule has 3 heteroatoms. The Morgan fingerprint density at radius 3 is 2.75 bits per heavy atom. The number of para-hydroxylation sites is 1. The van der Waals surface area contributed by atoms with E-state index in [1.165, 1.54) is 0 Å². The molecule has 2 nitrogen and oxygen atoms in total. The highest BCUT2D eigenvalue weighted by Gasteiger charge is 2.08. The molecule has 1 heterocycles. The number of hydrogen-bond donors (Lipinski definition) is 0. The lowest BCUT2D eigenvalue weighted by molar-refractivity contribution is 0.110. The zero-order chi connectivity index (χ0) is 8.55. The number of aldehydes is 1. The standard InChI is InChI=1S/C9H5BrO2/c10-9-6-3-1-2-4-7(6)12-8(9)5-11/h1-5H. The summed E-state index contributed by atoms with van der Waals surface area (Å²) in [6.45, 7) is 0. The van der Waals surface area contributed by atoms with Gasteiger partial charge in [0.25, 0.3) is 0 Å². The summed E-state index contributed by atoms with van der Waals surface area (Å²) in [4.78, 5) is 10.5. The number of carbonyl (C=O) groups excluding carboxylic acids is 1. The number of carbonyl (C=O) groups is 1. The van der Waals surface area contributed by atoms with Crippen LogP contribution in [0.4, 0.5) is 0 Å².